The van der Waals surface area contributed by atoms with E-state index in [1.54, 1.807) is 6.92 Å². The molecule has 3 heterocycles. The summed E-state index contributed by atoms with van der Waals surface area (Å²) in [5.41, 5.74) is 1.74. The van der Waals surface area contributed by atoms with E-state index in [1.165, 1.54) is 17.8 Å². The standard InChI is InChI=1S/C19H20N2O2S/c1-11(22)12-2-4-13(5-3-12)17-8-9-18(24-17)19(23)21-16-10-14-6-7-15(16)20-14/h2-5,8-9,14-16,20H,6-7,10H2,1H3,(H,21,23)/t14-,15+,16-/m1/s1. The number of thiophene rings is 1. The van der Waals surface area contributed by atoms with E-state index in [0.29, 0.717) is 17.6 Å². The summed E-state index contributed by atoms with van der Waals surface area (Å²) in [5.74, 6) is 0.0817. The lowest BCUT2D eigenvalue weighted by molar-refractivity contribution is 0.0934. The SMILES string of the molecule is CC(=O)c1ccc(-c2ccc(C(=O)N[C@@H]3C[C@H]4CC[C@@H]3N4)s2)cc1. The first-order valence-electron chi connectivity index (χ1n) is 8.38. The number of hydrogen-bond acceptors (Lipinski definition) is 4. The zero-order valence-electron chi connectivity index (χ0n) is 13.5. The van der Waals surface area contributed by atoms with Crippen LogP contribution in [0.15, 0.2) is 36.4 Å². The van der Waals surface area contributed by atoms with Crippen molar-refractivity contribution in [3.05, 3.63) is 46.8 Å². The van der Waals surface area contributed by atoms with E-state index >= 15 is 0 Å². The molecule has 0 radical (unpaired) electrons. The lowest BCUT2D eigenvalue weighted by atomic mass is 9.95. The van der Waals surface area contributed by atoms with Crippen LogP contribution in [0.2, 0.25) is 0 Å². The summed E-state index contributed by atoms with van der Waals surface area (Å²) in [6, 6.07) is 12.7. The fourth-order valence-electron chi connectivity index (χ4n) is 3.71. The largest absolute Gasteiger partial charge is 0.347 e. The van der Waals surface area contributed by atoms with Gasteiger partial charge in [0.05, 0.1) is 4.88 Å². The highest BCUT2D eigenvalue weighted by atomic mass is 32.1. The second kappa shape index (κ2) is 6.15. The van der Waals surface area contributed by atoms with Crippen molar-refractivity contribution in [1.29, 1.82) is 0 Å². The highest BCUT2D eigenvalue weighted by Gasteiger charge is 2.39. The number of nitrogens with one attached hydrogen (secondary N) is 2. The Balaban J connectivity index is 1.46. The summed E-state index contributed by atoms with van der Waals surface area (Å²) in [4.78, 5) is 25.6. The van der Waals surface area contributed by atoms with Gasteiger partial charge in [0.25, 0.3) is 5.91 Å². The Morgan fingerprint density at radius 2 is 1.92 bits per heavy atom. The van der Waals surface area contributed by atoms with Crippen molar-refractivity contribution in [3.63, 3.8) is 0 Å². The molecule has 0 spiro atoms. The molecule has 2 fully saturated rings. The Morgan fingerprint density at radius 3 is 2.54 bits per heavy atom. The number of Topliss-reactive ketones (excluding diaryl/α,β-unsaturated/α-hetero) is 1. The summed E-state index contributed by atoms with van der Waals surface area (Å²) < 4.78 is 0. The molecule has 2 aromatic rings. The molecule has 1 aromatic carbocycles. The summed E-state index contributed by atoms with van der Waals surface area (Å²) >= 11 is 1.49. The number of benzene rings is 1. The van der Waals surface area contributed by atoms with Crippen LogP contribution in [0.1, 0.15) is 46.2 Å². The van der Waals surface area contributed by atoms with E-state index < -0.39 is 0 Å². The highest BCUT2D eigenvalue weighted by Crippen LogP contribution is 2.31. The van der Waals surface area contributed by atoms with Gasteiger partial charge < -0.3 is 10.6 Å². The van der Waals surface area contributed by atoms with E-state index in [4.69, 9.17) is 0 Å². The van der Waals surface area contributed by atoms with E-state index in [-0.39, 0.29) is 17.7 Å². The van der Waals surface area contributed by atoms with Gasteiger partial charge in [0.2, 0.25) is 0 Å². The fourth-order valence-corrected chi connectivity index (χ4v) is 4.62. The van der Waals surface area contributed by atoms with Gasteiger partial charge in [-0.1, -0.05) is 24.3 Å². The molecule has 4 nitrogen and oxygen atoms in total. The monoisotopic (exact) mass is 340 g/mol. The average molecular weight is 340 g/mol. The van der Waals surface area contributed by atoms with E-state index in [0.717, 1.165) is 28.2 Å². The van der Waals surface area contributed by atoms with Crippen LogP contribution in [-0.4, -0.2) is 29.8 Å². The molecular weight excluding hydrogens is 320 g/mol. The van der Waals surface area contributed by atoms with Crippen LogP contribution in [0.25, 0.3) is 10.4 Å². The van der Waals surface area contributed by atoms with Crippen molar-refractivity contribution in [1.82, 2.24) is 10.6 Å². The molecule has 0 unspecified atom stereocenters. The molecule has 0 saturated carbocycles. The molecule has 5 heteroatoms. The number of hydrogen-bond donors (Lipinski definition) is 2. The van der Waals surface area contributed by atoms with Crippen LogP contribution < -0.4 is 10.6 Å². The van der Waals surface area contributed by atoms with Crippen molar-refractivity contribution < 1.29 is 9.59 Å². The molecule has 2 bridgehead atoms. The van der Waals surface area contributed by atoms with Crippen LogP contribution in [0.4, 0.5) is 0 Å². The number of rotatable bonds is 4. The van der Waals surface area contributed by atoms with Crippen LogP contribution in [0, 0.1) is 0 Å². The number of fused-ring (bicyclic) bond motifs is 2. The van der Waals surface area contributed by atoms with Gasteiger partial charge in [-0.3, -0.25) is 9.59 Å². The molecule has 1 aromatic heterocycles. The average Bonchev–Trinajstić information content (AvgIpc) is 3.31. The van der Waals surface area contributed by atoms with Crippen molar-refractivity contribution in [2.75, 3.05) is 0 Å². The minimum absolute atomic E-state index is 0.0194. The smallest absolute Gasteiger partial charge is 0.261 e. The van der Waals surface area contributed by atoms with Gasteiger partial charge in [-0.25, -0.2) is 0 Å². The predicted octanol–water partition coefficient (Wildman–Crippen LogP) is 3.24. The van der Waals surface area contributed by atoms with Gasteiger partial charge in [-0.05, 0) is 43.9 Å². The van der Waals surface area contributed by atoms with Crippen LogP contribution >= 0.6 is 11.3 Å². The number of carbonyl (C=O) groups excluding carboxylic acids is 2. The van der Waals surface area contributed by atoms with Crippen LogP contribution in [-0.2, 0) is 0 Å². The van der Waals surface area contributed by atoms with Crippen LogP contribution in [0.3, 0.4) is 0 Å². The van der Waals surface area contributed by atoms with Crippen molar-refractivity contribution in [3.8, 4) is 10.4 Å². The summed E-state index contributed by atoms with van der Waals surface area (Å²) in [7, 11) is 0. The molecule has 1 amide bonds. The zero-order valence-corrected chi connectivity index (χ0v) is 14.4. The van der Waals surface area contributed by atoms with Gasteiger partial charge in [-0.15, -0.1) is 11.3 Å². The summed E-state index contributed by atoms with van der Waals surface area (Å²) in [6.07, 6.45) is 3.44. The van der Waals surface area contributed by atoms with E-state index in [1.807, 2.05) is 36.4 Å². The number of amides is 1. The molecule has 3 atom stereocenters. The number of carbonyl (C=O) groups is 2. The second-order valence-electron chi connectivity index (χ2n) is 6.66. The van der Waals surface area contributed by atoms with Crippen molar-refractivity contribution in [2.45, 2.75) is 44.3 Å². The Kier molecular flexibility index (Phi) is 3.98. The maximum atomic E-state index is 12.5. The van der Waals surface area contributed by atoms with Crippen molar-refractivity contribution in [2.24, 2.45) is 0 Å². The Morgan fingerprint density at radius 1 is 1.12 bits per heavy atom. The summed E-state index contributed by atoms with van der Waals surface area (Å²) in [5, 5.41) is 6.72. The fraction of sp³-hybridized carbons (Fsp3) is 0.368. The molecule has 4 rings (SSSR count). The first-order chi connectivity index (χ1) is 11.6. The Hall–Kier alpha value is -1.98. The van der Waals surface area contributed by atoms with Gasteiger partial charge in [-0.2, -0.15) is 0 Å². The lowest BCUT2D eigenvalue weighted by Gasteiger charge is -2.20. The van der Waals surface area contributed by atoms with Gasteiger partial charge in [0.15, 0.2) is 5.78 Å². The molecular formula is C19H20N2O2S. The normalized spacial score (nSPS) is 25.0. The maximum Gasteiger partial charge on any atom is 0.261 e. The Bertz CT molecular complexity index is 781. The molecule has 0 aliphatic carbocycles. The zero-order chi connectivity index (χ0) is 16.7. The third kappa shape index (κ3) is 2.89. The third-order valence-electron chi connectivity index (χ3n) is 5.02. The first-order valence-corrected chi connectivity index (χ1v) is 9.20. The molecule has 2 aliphatic rings. The molecule has 2 aliphatic heterocycles. The minimum atomic E-state index is 0.0194. The lowest BCUT2D eigenvalue weighted by Crippen LogP contribution is -2.42. The van der Waals surface area contributed by atoms with Gasteiger partial charge >= 0.3 is 0 Å². The number of ketones is 1. The Labute approximate surface area is 145 Å². The second-order valence-corrected chi connectivity index (χ2v) is 7.74. The maximum absolute atomic E-state index is 12.5. The first kappa shape index (κ1) is 15.5. The van der Waals surface area contributed by atoms with Gasteiger partial charge in [0.1, 0.15) is 0 Å². The van der Waals surface area contributed by atoms with Crippen LogP contribution in [0.5, 0.6) is 0 Å². The van der Waals surface area contributed by atoms with E-state index in [2.05, 4.69) is 10.6 Å². The molecule has 2 N–H and O–H groups in total. The minimum Gasteiger partial charge on any atom is -0.347 e. The highest BCUT2D eigenvalue weighted by molar-refractivity contribution is 7.17. The topological polar surface area (TPSA) is 58.2 Å². The molecule has 124 valence electrons. The van der Waals surface area contributed by atoms with E-state index in [9.17, 15) is 9.59 Å². The quantitative estimate of drug-likeness (QED) is 0.840. The van der Waals surface area contributed by atoms with Crippen molar-refractivity contribution >= 4 is 23.0 Å². The predicted molar refractivity (Wildman–Crippen MR) is 95.6 cm³/mol. The molecule has 24 heavy (non-hydrogen) atoms. The summed E-state index contributed by atoms with van der Waals surface area (Å²) in [6.45, 7) is 1.56. The molecule has 2 saturated heterocycles. The van der Waals surface area contributed by atoms with Gasteiger partial charge in [0, 0.05) is 28.6 Å². The third-order valence-corrected chi connectivity index (χ3v) is 6.16.